The predicted octanol–water partition coefficient (Wildman–Crippen LogP) is 4.23. The molecule has 0 spiro atoms. The zero-order valence-corrected chi connectivity index (χ0v) is 13.4. The lowest BCUT2D eigenvalue weighted by Gasteiger charge is -2.24. The number of rotatable bonds is 2. The molecule has 0 N–H and O–H groups in total. The summed E-state index contributed by atoms with van der Waals surface area (Å²) in [7, 11) is 0. The average Bonchev–Trinajstić information content (AvgIpc) is 2.46. The zero-order chi connectivity index (χ0) is 14.1. The van der Waals surface area contributed by atoms with E-state index in [1.54, 1.807) is 0 Å². The molecule has 1 atom stereocenters. The molecule has 20 heavy (non-hydrogen) atoms. The smallest absolute Gasteiger partial charge is 0.132 e. The molecular formula is C16H18BrN3. The van der Waals surface area contributed by atoms with E-state index in [0.29, 0.717) is 11.8 Å². The van der Waals surface area contributed by atoms with Crippen LogP contribution >= 0.6 is 15.9 Å². The lowest BCUT2D eigenvalue weighted by atomic mass is 9.84. The molecule has 2 aromatic rings. The average molecular weight is 332 g/mol. The van der Waals surface area contributed by atoms with E-state index in [-0.39, 0.29) is 0 Å². The number of aryl methyl sites for hydroxylation is 1. The maximum absolute atomic E-state index is 4.77. The fraction of sp³-hybridized carbons (Fsp3) is 0.438. The Labute approximate surface area is 128 Å². The van der Waals surface area contributed by atoms with Gasteiger partial charge in [0.15, 0.2) is 0 Å². The Morgan fingerprint density at radius 2 is 2.15 bits per heavy atom. The normalized spacial score (nSPS) is 18.1. The minimum Gasteiger partial charge on any atom is -0.260 e. The van der Waals surface area contributed by atoms with Crippen LogP contribution in [0.25, 0.3) is 0 Å². The molecule has 0 amide bonds. The van der Waals surface area contributed by atoms with Gasteiger partial charge in [-0.2, -0.15) is 0 Å². The summed E-state index contributed by atoms with van der Waals surface area (Å²) in [4.78, 5) is 13.8. The van der Waals surface area contributed by atoms with Crippen LogP contribution in [0.2, 0.25) is 0 Å². The van der Waals surface area contributed by atoms with Gasteiger partial charge in [0.25, 0.3) is 0 Å². The van der Waals surface area contributed by atoms with Crippen LogP contribution in [-0.4, -0.2) is 15.0 Å². The fourth-order valence-electron chi connectivity index (χ4n) is 2.79. The highest BCUT2D eigenvalue weighted by molar-refractivity contribution is 9.10. The van der Waals surface area contributed by atoms with E-state index in [1.165, 1.54) is 17.7 Å². The lowest BCUT2D eigenvalue weighted by molar-refractivity contribution is 0.580. The monoisotopic (exact) mass is 331 g/mol. The van der Waals surface area contributed by atoms with Crippen molar-refractivity contribution < 1.29 is 0 Å². The molecular weight excluding hydrogens is 314 g/mol. The van der Waals surface area contributed by atoms with Crippen LogP contribution < -0.4 is 0 Å². The van der Waals surface area contributed by atoms with Gasteiger partial charge < -0.3 is 0 Å². The molecule has 0 radical (unpaired) electrons. The van der Waals surface area contributed by atoms with E-state index in [1.807, 2.05) is 18.3 Å². The first kappa shape index (κ1) is 13.7. The molecule has 0 fully saturated rings. The Kier molecular flexibility index (Phi) is 3.83. The number of aromatic nitrogens is 3. The second-order valence-electron chi connectivity index (χ2n) is 5.62. The van der Waals surface area contributed by atoms with Crippen molar-refractivity contribution in [2.24, 2.45) is 0 Å². The summed E-state index contributed by atoms with van der Waals surface area (Å²) >= 11 is 3.52. The highest BCUT2D eigenvalue weighted by Crippen LogP contribution is 2.35. The van der Waals surface area contributed by atoms with Gasteiger partial charge in [-0.1, -0.05) is 19.9 Å². The molecule has 1 aliphatic rings. The fourth-order valence-corrected chi connectivity index (χ4v) is 3.20. The highest BCUT2D eigenvalue weighted by atomic mass is 79.9. The van der Waals surface area contributed by atoms with E-state index in [4.69, 9.17) is 4.98 Å². The summed E-state index contributed by atoms with van der Waals surface area (Å²) in [6.45, 7) is 4.25. The van der Waals surface area contributed by atoms with Crippen molar-refractivity contribution >= 4 is 15.9 Å². The second-order valence-corrected chi connectivity index (χ2v) is 6.43. The summed E-state index contributed by atoms with van der Waals surface area (Å²) in [6, 6.07) is 6.26. The number of halogens is 1. The van der Waals surface area contributed by atoms with E-state index in [0.717, 1.165) is 29.0 Å². The molecule has 104 valence electrons. The van der Waals surface area contributed by atoms with Crippen LogP contribution in [0.1, 0.15) is 61.3 Å². The van der Waals surface area contributed by atoms with Gasteiger partial charge in [0.05, 0.1) is 11.4 Å². The molecule has 2 aromatic heterocycles. The first-order valence-electron chi connectivity index (χ1n) is 7.13. The van der Waals surface area contributed by atoms with E-state index in [9.17, 15) is 0 Å². The van der Waals surface area contributed by atoms with Crippen LogP contribution in [0.5, 0.6) is 0 Å². The Morgan fingerprint density at radius 3 is 2.95 bits per heavy atom. The van der Waals surface area contributed by atoms with Crippen molar-refractivity contribution in [3.05, 3.63) is 51.8 Å². The Balaban J connectivity index is 2.06. The summed E-state index contributed by atoms with van der Waals surface area (Å²) in [5.41, 5.74) is 3.65. The van der Waals surface area contributed by atoms with Crippen LogP contribution in [0.15, 0.2) is 29.0 Å². The van der Waals surface area contributed by atoms with E-state index < -0.39 is 0 Å². The van der Waals surface area contributed by atoms with Crippen molar-refractivity contribution in [2.45, 2.75) is 44.9 Å². The molecule has 1 aliphatic carbocycles. The van der Waals surface area contributed by atoms with Crippen molar-refractivity contribution in [1.29, 1.82) is 0 Å². The van der Waals surface area contributed by atoms with Crippen LogP contribution in [-0.2, 0) is 6.42 Å². The summed E-state index contributed by atoms with van der Waals surface area (Å²) < 4.78 is 0.870. The topological polar surface area (TPSA) is 38.7 Å². The highest BCUT2D eigenvalue weighted by Gasteiger charge is 2.25. The molecule has 3 nitrogen and oxygen atoms in total. The molecule has 0 bridgehead atoms. The molecule has 0 aliphatic heterocycles. The van der Waals surface area contributed by atoms with E-state index >= 15 is 0 Å². The van der Waals surface area contributed by atoms with Crippen molar-refractivity contribution in [3.63, 3.8) is 0 Å². The first-order chi connectivity index (χ1) is 9.65. The number of hydrogen-bond acceptors (Lipinski definition) is 3. The maximum atomic E-state index is 4.77. The second kappa shape index (κ2) is 5.60. The quantitative estimate of drug-likeness (QED) is 0.773. The van der Waals surface area contributed by atoms with Crippen molar-refractivity contribution in [3.8, 4) is 0 Å². The van der Waals surface area contributed by atoms with Gasteiger partial charge in [-0.05, 0) is 52.9 Å². The van der Waals surface area contributed by atoms with Gasteiger partial charge in [0.2, 0.25) is 0 Å². The van der Waals surface area contributed by atoms with Gasteiger partial charge in [-0.25, -0.2) is 9.97 Å². The standard InChI is InChI=1S/C16H18BrN3/c1-10(2)16-19-13(9-14(17)20-16)12-7-3-5-11-6-4-8-18-15(11)12/h4,6,8-10,12H,3,5,7H2,1-2H3. The molecule has 0 aromatic carbocycles. The van der Waals surface area contributed by atoms with E-state index in [2.05, 4.69) is 45.8 Å². The zero-order valence-electron chi connectivity index (χ0n) is 11.8. The van der Waals surface area contributed by atoms with Crippen LogP contribution in [0, 0.1) is 0 Å². The summed E-state index contributed by atoms with van der Waals surface area (Å²) in [5, 5.41) is 0. The van der Waals surface area contributed by atoms with Crippen molar-refractivity contribution in [1.82, 2.24) is 15.0 Å². The third-order valence-corrected chi connectivity index (χ3v) is 4.21. The van der Waals surface area contributed by atoms with Crippen molar-refractivity contribution in [2.75, 3.05) is 0 Å². The molecule has 2 heterocycles. The van der Waals surface area contributed by atoms with Gasteiger partial charge in [0, 0.05) is 18.0 Å². The maximum Gasteiger partial charge on any atom is 0.132 e. The Hall–Kier alpha value is -1.29. The van der Waals surface area contributed by atoms with Gasteiger partial charge in [0.1, 0.15) is 10.4 Å². The molecule has 0 saturated heterocycles. The third kappa shape index (κ3) is 2.62. The summed E-state index contributed by atoms with van der Waals surface area (Å²) in [6.07, 6.45) is 5.33. The largest absolute Gasteiger partial charge is 0.260 e. The molecule has 3 rings (SSSR count). The molecule has 4 heteroatoms. The number of nitrogens with zero attached hydrogens (tertiary/aromatic N) is 3. The third-order valence-electron chi connectivity index (χ3n) is 3.80. The molecule has 0 saturated carbocycles. The summed E-state index contributed by atoms with van der Waals surface area (Å²) in [5.74, 6) is 1.53. The first-order valence-corrected chi connectivity index (χ1v) is 7.92. The number of hydrogen-bond donors (Lipinski definition) is 0. The Bertz CT molecular complexity index is 625. The predicted molar refractivity (Wildman–Crippen MR) is 82.8 cm³/mol. The lowest BCUT2D eigenvalue weighted by Crippen LogP contribution is -2.15. The van der Waals surface area contributed by atoms with Crippen LogP contribution in [0.3, 0.4) is 0 Å². The SMILES string of the molecule is CC(C)c1nc(Br)cc(C2CCCc3cccnc32)n1. The molecule has 1 unspecified atom stereocenters. The van der Waals surface area contributed by atoms with Gasteiger partial charge >= 0.3 is 0 Å². The minimum absolute atomic E-state index is 0.303. The van der Waals surface area contributed by atoms with Gasteiger partial charge in [-0.15, -0.1) is 0 Å². The number of pyridine rings is 1. The van der Waals surface area contributed by atoms with Crippen LogP contribution in [0.4, 0.5) is 0 Å². The number of fused-ring (bicyclic) bond motifs is 1. The Morgan fingerprint density at radius 1 is 1.30 bits per heavy atom. The minimum atomic E-state index is 0.303. The van der Waals surface area contributed by atoms with Gasteiger partial charge in [-0.3, -0.25) is 4.98 Å².